The van der Waals surface area contributed by atoms with Gasteiger partial charge in [0.05, 0.1) is 13.2 Å². The number of hydrogen-bond acceptors (Lipinski definition) is 4. The van der Waals surface area contributed by atoms with Crippen molar-refractivity contribution in [1.29, 1.82) is 0 Å². The molecule has 17 heavy (non-hydrogen) atoms. The lowest BCUT2D eigenvalue weighted by atomic mass is 10.2. The summed E-state index contributed by atoms with van der Waals surface area (Å²) in [4.78, 5) is 2.13. The number of nitrogens with zero attached hydrogens (tertiary/aromatic N) is 1. The Kier molecular flexibility index (Phi) is 5.80. The van der Waals surface area contributed by atoms with Crippen LogP contribution in [0.2, 0.25) is 0 Å². The number of benzene rings is 1. The van der Waals surface area contributed by atoms with Crippen LogP contribution in [-0.4, -0.2) is 38.0 Å². The largest absolute Gasteiger partial charge is 0.497 e. The third-order valence-electron chi connectivity index (χ3n) is 2.54. The number of aliphatic hydroxyl groups is 1. The number of aliphatic hydroxyl groups excluding tert-OH is 1. The maximum atomic E-state index is 9.51. The van der Waals surface area contributed by atoms with Crippen molar-refractivity contribution in [3.05, 3.63) is 24.3 Å². The monoisotopic (exact) mass is 238 g/mol. The van der Waals surface area contributed by atoms with E-state index in [9.17, 15) is 5.11 Å². The summed E-state index contributed by atoms with van der Waals surface area (Å²) < 4.78 is 5.20. The standard InChI is InChI=1S/C13H22N2O2/c1-11(16)10-15(8-4-7-14)12-5-3-6-13(9-12)17-2/h3,5-6,9,11,16H,4,7-8,10,14H2,1-2H3. The molecule has 0 bridgehead atoms. The maximum Gasteiger partial charge on any atom is 0.120 e. The summed E-state index contributed by atoms with van der Waals surface area (Å²) in [5, 5.41) is 9.51. The Morgan fingerprint density at radius 3 is 2.82 bits per heavy atom. The number of anilines is 1. The van der Waals surface area contributed by atoms with Gasteiger partial charge in [-0.1, -0.05) is 6.07 Å². The highest BCUT2D eigenvalue weighted by atomic mass is 16.5. The van der Waals surface area contributed by atoms with Crippen molar-refractivity contribution in [1.82, 2.24) is 0 Å². The van der Waals surface area contributed by atoms with Crippen LogP contribution in [0, 0.1) is 0 Å². The molecule has 1 aromatic carbocycles. The average molecular weight is 238 g/mol. The van der Waals surface area contributed by atoms with Crippen LogP contribution in [0.25, 0.3) is 0 Å². The zero-order valence-electron chi connectivity index (χ0n) is 10.6. The van der Waals surface area contributed by atoms with Gasteiger partial charge in [-0.25, -0.2) is 0 Å². The first kappa shape index (κ1) is 13.8. The van der Waals surface area contributed by atoms with Gasteiger partial charge in [0.25, 0.3) is 0 Å². The van der Waals surface area contributed by atoms with Crippen molar-refractivity contribution < 1.29 is 9.84 Å². The molecule has 1 atom stereocenters. The summed E-state index contributed by atoms with van der Waals surface area (Å²) in [5.41, 5.74) is 6.58. The Morgan fingerprint density at radius 1 is 1.47 bits per heavy atom. The fraction of sp³-hybridized carbons (Fsp3) is 0.538. The zero-order valence-corrected chi connectivity index (χ0v) is 10.6. The molecule has 0 saturated carbocycles. The van der Waals surface area contributed by atoms with Crippen LogP contribution in [0.4, 0.5) is 5.69 Å². The van der Waals surface area contributed by atoms with Crippen LogP contribution in [0.15, 0.2) is 24.3 Å². The van der Waals surface area contributed by atoms with Gasteiger partial charge in [-0.3, -0.25) is 0 Å². The molecule has 0 spiro atoms. The molecule has 0 amide bonds. The Morgan fingerprint density at radius 2 is 2.24 bits per heavy atom. The quantitative estimate of drug-likeness (QED) is 0.750. The van der Waals surface area contributed by atoms with Crippen LogP contribution in [0.1, 0.15) is 13.3 Å². The lowest BCUT2D eigenvalue weighted by Crippen LogP contribution is -2.32. The molecular formula is C13H22N2O2. The number of nitrogens with two attached hydrogens (primary N) is 1. The minimum Gasteiger partial charge on any atom is -0.497 e. The summed E-state index contributed by atoms with van der Waals surface area (Å²) in [6.45, 7) is 3.89. The molecular weight excluding hydrogens is 216 g/mol. The minimum absolute atomic E-state index is 0.362. The molecule has 0 radical (unpaired) electrons. The first-order chi connectivity index (χ1) is 8.17. The number of hydrogen-bond donors (Lipinski definition) is 2. The molecule has 0 saturated heterocycles. The number of methoxy groups -OCH3 is 1. The first-order valence-corrected chi connectivity index (χ1v) is 5.94. The highest BCUT2D eigenvalue weighted by molar-refractivity contribution is 5.50. The van der Waals surface area contributed by atoms with Gasteiger partial charge < -0.3 is 20.5 Å². The third kappa shape index (κ3) is 4.63. The second-order valence-corrected chi connectivity index (χ2v) is 4.14. The smallest absolute Gasteiger partial charge is 0.120 e. The first-order valence-electron chi connectivity index (χ1n) is 5.94. The fourth-order valence-electron chi connectivity index (χ4n) is 1.73. The van der Waals surface area contributed by atoms with Crippen molar-refractivity contribution >= 4 is 5.69 Å². The fourth-order valence-corrected chi connectivity index (χ4v) is 1.73. The van der Waals surface area contributed by atoms with Gasteiger partial charge in [-0.05, 0) is 32.0 Å². The predicted octanol–water partition coefficient (Wildman–Crippen LogP) is 1.23. The topological polar surface area (TPSA) is 58.7 Å². The van der Waals surface area contributed by atoms with Gasteiger partial charge in [0.1, 0.15) is 5.75 Å². The van der Waals surface area contributed by atoms with E-state index in [1.807, 2.05) is 24.3 Å². The van der Waals surface area contributed by atoms with E-state index < -0.39 is 0 Å². The predicted molar refractivity (Wildman–Crippen MR) is 70.6 cm³/mol. The van der Waals surface area contributed by atoms with Crippen LogP contribution in [0.5, 0.6) is 5.75 Å². The minimum atomic E-state index is -0.362. The highest BCUT2D eigenvalue weighted by Crippen LogP contribution is 2.21. The maximum absolute atomic E-state index is 9.51. The van der Waals surface area contributed by atoms with Crippen LogP contribution in [-0.2, 0) is 0 Å². The van der Waals surface area contributed by atoms with E-state index in [1.54, 1.807) is 14.0 Å². The molecule has 1 rings (SSSR count). The second kappa shape index (κ2) is 7.14. The van der Waals surface area contributed by atoms with Gasteiger partial charge in [0.2, 0.25) is 0 Å². The molecule has 0 heterocycles. The molecule has 0 fully saturated rings. The van der Waals surface area contributed by atoms with Crippen molar-refractivity contribution in [3.63, 3.8) is 0 Å². The normalized spacial score (nSPS) is 12.2. The van der Waals surface area contributed by atoms with E-state index in [1.165, 1.54) is 0 Å². The number of ether oxygens (including phenoxy) is 1. The van der Waals surface area contributed by atoms with Gasteiger partial charge in [0, 0.05) is 24.8 Å². The van der Waals surface area contributed by atoms with Crippen LogP contribution >= 0.6 is 0 Å². The van der Waals surface area contributed by atoms with E-state index in [2.05, 4.69) is 4.90 Å². The van der Waals surface area contributed by atoms with Gasteiger partial charge in [-0.15, -0.1) is 0 Å². The molecule has 0 aliphatic rings. The average Bonchev–Trinajstić information content (AvgIpc) is 2.34. The summed E-state index contributed by atoms with van der Waals surface area (Å²) >= 11 is 0. The molecule has 0 aliphatic carbocycles. The van der Waals surface area contributed by atoms with Crippen molar-refractivity contribution in [2.24, 2.45) is 5.73 Å². The van der Waals surface area contributed by atoms with Crippen LogP contribution in [0.3, 0.4) is 0 Å². The van der Waals surface area contributed by atoms with E-state index in [0.29, 0.717) is 13.1 Å². The van der Waals surface area contributed by atoms with E-state index >= 15 is 0 Å². The molecule has 4 heteroatoms. The molecule has 1 aromatic rings. The molecule has 4 nitrogen and oxygen atoms in total. The zero-order chi connectivity index (χ0) is 12.7. The number of rotatable bonds is 7. The molecule has 3 N–H and O–H groups in total. The lowest BCUT2D eigenvalue weighted by molar-refractivity contribution is 0.200. The Labute approximate surface area is 103 Å². The summed E-state index contributed by atoms with van der Waals surface area (Å²) in [6, 6.07) is 7.85. The van der Waals surface area contributed by atoms with Crippen molar-refractivity contribution in [2.45, 2.75) is 19.4 Å². The van der Waals surface area contributed by atoms with Crippen LogP contribution < -0.4 is 15.4 Å². The van der Waals surface area contributed by atoms with E-state index in [4.69, 9.17) is 10.5 Å². The third-order valence-corrected chi connectivity index (χ3v) is 2.54. The summed E-state index contributed by atoms with van der Waals surface area (Å²) in [5.74, 6) is 0.825. The van der Waals surface area contributed by atoms with E-state index in [-0.39, 0.29) is 6.10 Å². The molecule has 0 aromatic heterocycles. The van der Waals surface area contributed by atoms with Gasteiger partial charge in [0.15, 0.2) is 0 Å². The van der Waals surface area contributed by atoms with Crippen molar-refractivity contribution in [2.75, 3.05) is 31.6 Å². The molecule has 1 unspecified atom stereocenters. The SMILES string of the molecule is COc1cccc(N(CCCN)CC(C)O)c1. The Bertz CT molecular complexity index is 329. The van der Waals surface area contributed by atoms with E-state index in [0.717, 1.165) is 24.4 Å². The summed E-state index contributed by atoms with van der Waals surface area (Å²) in [6.07, 6.45) is 0.545. The molecule has 0 aliphatic heterocycles. The Balaban J connectivity index is 2.78. The Hall–Kier alpha value is -1.26. The lowest BCUT2D eigenvalue weighted by Gasteiger charge is -2.26. The van der Waals surface area contributed by atoms with Gasteiger partial charge in [-0.2, -0.15) is 0 Å². The second-order valence-electron chi connectivity index (χ2n) is 4.14. The van der Waals surface area contributed by atoms with Gasteiger partial charge >= 0.3 is 0 Å². The molecule has 96 valence electrons. The van der Waals surface area contributed by atoms with Crippen molar-refractivity contribution in [3.8, 4) is 5.75 Å². The highest BCUT2D eigenvalue weighted by Gasteiger charge is 2.09. The summed E-state index contributed by atoms with van der Waals surface area (Å²) in [7, 11) is 1.65.